The first-order valence-electron chi connectivity index (χ1n) is 6.79. The lowest BCUT2D eigenvalue weighted by Crippen LogP contribution is -2.45. The van der Waals surface area contributed by atoms with Gasteiger partial charge in [-0.05, 0) is 37.0 Å². The van der Waals surface area contributed by atoms with Crippen molar-refractivity contribution in [2.24, 2.45) is 0 Å². The van der Waals surface area contributed by atoms with Gasteiger partial charge in [-0.1, -0.05) is 41.4 Å². The molecule has 0 aromatic heterocycles. The predicted molar refractivity (Wildman–Crippen MR) is 79.5 cm³/mol. The number of carboxylic acid groups (broad SMARTS) is 1. The highest BCUT2D eigenvalue weighted by molar-refractivity contribution is 9.10. The smallest absolute Gasteiger partial charge is 0.326 e. The molecule has 4 nitrogen and oxygen atoms in total. The zero-order valence-corrected chi connectivity index (χ0v) is 12.9. The molecule has 1 aromatic rings. The number of benzene rings is 1. The number of nitrogens with one attached hydrogen (secondary N) is 1. The van der Waals surface area contributed by atoms with Crippen LogP contribution in [-0.4, -0.2) is 23.0 Å². The molecule has 1 aliphatic carbocycles. The molecule has 5 heteroatoms. The fourth-order valence-corrected chi connectivity index (χ4v) is 2.80. The lowest BCUT2D eigenvalue weighted by molar-refractivity contribution is -0.142. The van der Waals surface area contributed by atoms with Crippen LogP contribution in [-0.2, 0) is 15.0 Å². The lowest BCUT2D eigenvalue weighted by atomic mass is 9.94. The Labute approximate surface area is 126 Å². The molecule has 1 aromatic carbocycles. The summed E-state index contributed by atoms with van der Waals surface area (Å²) in [5, 5.41) is 11.8. The molecule has 0 spiro atoms. The molecule has 0 saturated heterocycles. The van der Waals surface area contributed by atoms with Crippen LogP contribution < -0.4 is 5.32 Å². The molecule has 1 atom stereocenters. The maximum atomic E-state index is 12.4. The molecule has 108 valence electrons. The number of carbonyl (C=O) groups is 2. The van der Waals surface area contributed by atoms with E-state index in [2.05, 4.69) is 21.2 Å². The largest absolute Gasteiger partial charge is 0.480 e. The average molecular weight is 340 g/mol. The topological polar surface area (TPSA) is 66.4 Å². The molecule has 1 aliphatic rings. The Kier molecular flexibility index (Phi) is 4.48. The summed E-state index contributed by atoms with van der Waals surface area (Å²) in [6.45, 7) is 1.91. The third-order valence-corrected chi connectivity index (χ3v) is 4.24. The van der Waals surface area contributed by atoms with Gasteiger partial charge in [0.2, 0.25) is 5.91 Å². The normalized spacial score (nSPS) is 17.3. The van der Waals surface area contributed by atoms with Crippen molar-refractivity contribution in [3.8, 4) is 0 Å². The van der Waals surface area contributed by atoms with Crippen molar-refractivity contribution in [1.29, 1.82) is 0 Å². The molecule has 1 fully saturated rings. The number of carbonyl (C=O) groups excluding carboxylic acids is 1. The van der Waals surface area contributed by atoms with Gasteiger partial charge in [0.25, 0.3) is 0 Å². The third-order valence-electron chi connectivity index (χ3n) is 3.74. The molecule has 2 N–H and O–H groups in total. The highest BCUT2D eigenvalue weighted by Gasteiger charge is 2.51. The number of halogens is 1. The van der Waals surface area contributed by atoms with Crippen LogP contribution in [0.25, 0.3) is 0 Å². The summed E-state index contributed by atoms with van der Waals surface area (Å²) in [5.41, 5.74) is 0.413. The average Bonchev–Trinajstić information content (AvgIpc) is 3.19. The highest BCUT2D eigenvalue weighted by atomic mass is 79.9. The Balaban J connectivity index is 2.14. The summed E-state index contributed by atoms with van der Waals surface area (Å²) in [5.74, 6) is -1.14. The van der Waals surface area contributed by atoms with Crippen LogP contribution >= 0.6 is 15.9 Å². The molecule has 20 heavy (non-hydrogen) atoms. The minimum absolute atomic E-state index is 0.170. The van der Waals surface area contributed by atoms with Crippen molar-refractivity contribution >= 4 is 27.8 Å². The van der Waals surface area contributed by atoms with Gasteiger partial charge in [0.05, 0.1) is 5.41 Å². The van der Waals surface area contributed by atoms with E-state index in [1.54, 1.807) is 0 Å². The molecular weight excluding hydrogens is 322 g/mol. The first kappa shape index (κ1) is 15.0. The maximum Gasteiger partial charge on any atom is 0.326 e. The van der Waals surface area contributed by atoms with E-state index in [1.807, 2.05) is 31.2 Å². The number of aliphatic carboxylic acids is 1. The second-order valence-corrected chi connectivity index (χ2v) is 6.16. The molecule has 0 bridgehead atoms. The Hall–Kier alpha value is -1.36. The minimum Gasteiger partial charge on any atom is -0.480 e. The molecule has 1 unspecified atom stereocenters. The van der Waals surface area contributed by atoms with Gasteiger partial charge in [-0.25, -0.2) is 4.79 Å². The van der Waals surface area contributed by atoms with E-state index in [9.17, 15) is 9.59 Å². The fourth-order valence-electron chi connectivity index (χ4n) is 2.40. The monoisotopic (exact) mass is 339 g/mol. The van der Waals surface area contributed by atoms with Gasteiger partial charge < -0.3 is 10.4 Å². The summed E-state index contributed by atoms with van der Waals surface area (Å²) in [4.78, 5) is 23.6. The zero-order chi connectivity index (χ0) is 14.8. The summed E-state index contributed by atoms with van der Waals surface area (Å²) >= 11 is 3.40. The van der Waals surface area contributed by atoms with Crippen molar-refractivity contribution < 1.29 is 14.7 Å². The first-order valence-corrected chi connectivity index (χ1v) is 7.59. The molecule has 0 heterocycles. The van der Waals surface area contributed by atoms with Crippen LogP contribution in [0.4, 0.5) is 0 Å². The lowest BCUT2D eigenvalue weighted by Gasteiger charge is -2.20. The molecule has 0 aliphatic heterocycles. The number of amides is 1. The Morgan fingerprint density at radius 1 is 1.45 bits per heavy atom. The van der Waals surface area contributed by atoms with E-state index in [0.29, 0.717) is 6.42 Å². The van der Waals surface area contributed by atoms with Crippen LogP contribution in [0.3, 0.4) is 0 Å². The number of rotatable bonds is 6. The van der Waals surface area contributed by atoms with Crippen LogP contribution in [0, 0.1) is 0 Å². The van der Waals surface area contributed by atoms with Crippen molar-refractivity contribution in [2.45, 2.75) is 44.1 Å². The van der Waals surface area contributed by atoms with Crippen molar-refractivity contribution in [1.82, 2.24) is 5.32 Å². The summed E-state index contributed by atoms with van der Waals surface area (Å²) < 4.78 is 0.928. The molecular formula is C15H18BrNO3. The zero-order valence-electron chi connectivity index (χ0n) is 11.4. The van der Waals surface area contributed by atoms with Gasteiger partial charge in [-0.3, -0.25) is 4.79 Å². The summed E-state index contributed by atoms with van der Waals surface area (Å²) in [6, 6.07) is 6.87. The standard InChI is InChI=1S/C15H18BrNO3/c1-2-4-12(13(18)19)17-14(20)15(7-8-15)10-5-3-6-11(16)9-10/h3,5-6,9,12H,2,4,7-8H2,1H3,(H,17,20)(H,18,19). The summed E-state index contributed by atoms with van der Waals surface area (Å²) in [6.07, 6.45) is 2.72. The predicted octanol–water partition coefficient (Wildman–Crippen LogP) is 2.85. The van der Waals surface area contributed by atoms with E-state index in [0.717, 1.165) is 29.3 Å². The number of hydrogen-bond donors (Lipinski definition) is 2. The van der Waals surface area contributed by atoms with Crippen LogP contribution in [0.2, 0.25) is 0 Å². The minimum atomic E-state index is -0.967. The molecule has 0 radical (unpaired) electrons. The van der Waals surface area contributed by atoms with Crippen LogP contribution in [0.1, 0.15) is 38.2 Å². The Bertz CT molecular complexity index is 526. The van der Waals surface area contributed by atoms with E-state index < -0.39 is 17.4 Å². The fraction of sp³-hybridized carbons (Fsp3) is 0.467. The van der Waals surface area contributed by atoms with E-state index >= 15 is 0 Å². The Morgan fingerprint density at radius 3 is 2.65 bits per heavy atom. The molecule has 2 rings (SSSR count). The van der Waals surface area contributed by atoms with Gasteiger partial charge in [0.15, 0.2) is 0 Å². The van der Waals surface area contributed by atoms with E-state index in [1.165, 1.54) is 0 Å². The SMILES string of the molecule is CCCC(NC(=O)C1(c2cccc(Br)c2)CC1)C(=O)O. The van der Waals surface area contributed by atoms with E-state index in [4.69, 9.17) is 5.11 Å². The van der Waals surface area contributed by atoms with Crippen molar-refractivity contribution in [3.63, 3.8) is 0 Å². The third kappa shape index (κ3) is 3.03. The molecule has 1 amide bonds. The summed E-state index contributed by atoms with van der Waals surface area (Å²) in [7, 11) is 0. The van der Waals surface area contributed by atoms with E-state index in [-0.39, 0.29) is 5.91 Å². The van der Waals surface area contributed by atoms with Gasteiger partial charge >= 0.3 is 5.97 Å². The van der Waals surface area contributed by atoms with Gasteiger partial charge in [-0.2, -0.15) is 0 Å². The highest BCUT2D eigenvalue weighted by Crippen LogP contribution is 2.48. The quantitative estimate of drug-likeness (QED) is 0.837. The Morgan fingerprint density at radius 2 is 2.15 bits per heavy atom. The second kappa shape index (κ2) is 5.95. The van der Waals surface area contributed by atoms with Crippen LogP contribution in [0.15, 0.2) is 28.7 Å². The van der Waals surface area contributed by atoms with Gasteiger partial charge in [-0.15, -0.1) is 0 Å². The molecule has 1 saturated carbocycles. The number of hydrogen-bond acceptors (Lipinski definition) is 2. The van der Waals surface area contributed by atoms with Gasteiger partial charge in [0.1, 0.15) is 6.04 Å². The number of carboxylic acids is 1. The van der Waals surface area contributed by atoms with Crippen molar-refractivity contribution in [3.05, 3.63) is 34.3 Å². The van der Waals surface area contributed by atoms with Crippen molar-refractivity contribution in [2.75, 3.05) is 0 Å². The second-order valence-electron chi connectivity index (χ2n) is 5.25. The maximum absolute atomic E-state index is 12.4. The first-order chi connectivity index (χ1) is 9.49. The van der Waals surface area contributed by atoms with Crippen LogP contribution in [0.5, 0.6) is 0 Å². The van der Waals surface area contributed by atoms with Gasteiger partial charge in [0, 0.05) is 4.47 Å².